The second kappa shape index (κ2) is 9.02. The minimum Gasteiger partial charge on any atom is -0.349 e. The third kappa shape index (κ3) is 5.20. The van der Waals surface area contributed by atoms with E-state index < -0.39 is 0 Å². The van der Waals surface area contributed by atoms with E-state index in [1.54, 1.807) is 0 Å². The van der Waals surface area contributed by atoms with Gasteiger partial charge in [-0.2, -0.15) is 0 Å². The normalized spacial score (nSPS) is 22.3. The van der Waals surface area contributed by atoms with E-state index in [2.05, 4.69) is 57.0 Å². The highest BCUT2D eigenvalue weighted by atomic mass is 16.1. The van der Waals surface area contributed by atoms with E-state index in [0.717, 1.165) is 18.4 Å². The monoisotopic (exact) mass is 351 g/mol. The van der Waals surface area contributed by atoms with Gasteiger partial charge in [0.05, 0.1) is 6.04 Å². The van der Waals surface area contributed by atoms with Crippen LogP contribution in [0.3, 0.4) is 0 Å². The van der Waals surface area contributed by atoms with Crippen molar-refractivity contribution < 1.29 is 4.79 Å². The van der Waals surface area contributed by atoms with Crippen molar-refractivity contribution in [1.82, 2.24) is 5.32 Å². The standard InChI is InChI=1S/C24H33NO/c1-16(2)22-13-12-17(3)23(15-22)14-18(4)19(5)24(26)25-20(6)21-10-8-7-9-11-21/h7-12,14,18-20,22H,1,13,15H2,2-6H3,(H,25,26)/b23-14-/t18-,19+,20-,22+/m0/s1. The van der Waals surface area contributed by atoms with Crippen LogP contribution in [0, 0.1) is 17.8 Å². The Morgan fingerprint density at radius 2 is 1.88 bits per heavy atom. The van der Waals surface area contributed by atoms with Crippen molar-refractivity contribution in [3.8, 4) is 0 Å². The molecule has 0 aromatic heterocycles. The van der Waals surface area contributed by atoms with Crippen molar-refractivity contribution in [2.75, 3.05) is 0 Å². The van der Waals surface area contributed by atoms with Gasteiger partial charge in [-0.25, -0.2) is 0 Å². The average molecular weight is 352 g/mol. The van der Waals surface area contributed by atoms with Gasteiger partial charge in [-0.05, 0) is 56.6 Å². The lowest BCUT2D eigenvalue weighted by Gasteiger charge is -2.26. The Morgan fingerprint density at radius 1 is 1.23 bits per heavy atom. The van der Waals surface area contributed by atoms with Gasteiger partial charge in [0, 0.05) is 5.92 Å². The highest BCUT2D eigenvalue weighted by Crippen LogP contribution is 2.33. The summed E-state index contributed by atoms with van der Waals surface area (Å²) in [6, 6.07) is 10.1. The van der Waals surface area contributed by atoms with Gasteiger partial charge in [-0.1, -0.05) is 74.1 Å². The number of benzene rings is 1. The molecule has 2 rings (SSSR count). The predicted octanol–water partition coefficient (Wildman–Crippen LogP) is 5.99. The number of hydrogen-bond donors (Lipinski definition) is 1. The zero-order valence-corrected chi connectivity index (χ0v) is 16.9. The molecule has 0 heterocycles. The predicted molar refractivity (Wildman–Crippen MR) is 111 cm³/mol. The molecular weight excluding hydrogens is 318 g/mol. The Bertz CT molecular complexity index is 698. The van der Waals surface area contributed by atoms with Gasteiger partial charge in [0.2, 0.25) is 5.91 Å². The Morgan fingerprint density at radius 3 is 2.50 bits per heavy atom. The van der Waals surface area contributed by atoms with Crippen LogP contribution < -0.4 is 5.32 Å². The summed E-state index contributed by atoms with van der Waals surface area (Å²) in [4.78, 5) is 12.7. The molecule has 2 nitrogen and oxygen atoms in total. The van der Waals surface area contributed by atoms with Crippen LogP contribution in [0.2, 0.25) is 0 Å². The molecule has 0 radical (unpaired) electrons. The SMILES string of the molecule is C=C(C)[C@@H]1CC=C(C)/C(=C\[C@H](C)[C@@H](C)C(=O)N[C@@H](C)c2ccccc2)C1. The molecule has 1 aromatic rings. The molecule has 1 aromatic carbocycles. The van der Waals surface area contributed by atoms with Crippen LogP contribution in [-0.4, -0.2) is 5.91 Å². The molecule has 0 bridgehead atoms. The summed E-state index contributed by atoms with van der Waals surface area (Å²) in [5, 5.41) is 3.16. The van der Waals surface area contributed by atoms with E-state index in [1.807, 2.05) is 32.0 Å². The first-order valence-corrected chi connectivity index (χ1v) is 9.68. The van der Waals surface area contributed by atoms with Gasteiger partial charge in [-0.15, -0.1) is 0 Å². The van der Waals surface area contributed by atoms with Gasteiger partial charge in [0.25, 0.3) is 0 Å². The second-order valence-corrected chi connectivity index (χ2v) is 7.85. The summed E-state index contributed by atoms with van der Waals surface area (Å²) in [5.74, 6) is 0.769. The zero-order chi connectivity index (χ0) is 19.3. The average Bonchev–Trinajstić information content (AvgIpc) is 2.63. The topological polar surface area (TPSA) is 29.1 Å². The maximum Gasteiger partial charge on any atom is 0.223 e. The molecule has 2 heteroatoms. The first-order chi connectivity index (χ1) is 12.3. The largest absolute Gasteiger partial charge is 0.349 e. The van der Waals surface area contributed by atoms with E-state index in [0.29, 0.717) is 5.92 Å². The van der Waals surface area contributed by atoms with Crippen molar-refractivity contribution >= 4 is 5.91 Å². The number of carbonyl (C=O) groups excluding carboxylic acids is 1. The minimum atomic E-state index is -0.0633. The summed E-state index contributed by atoms with van der Waals surface area (Å²) in [7, 11) is 0. The highest BCUT2D eigenvalue weighted by molar-refractivity contribution is 5.79. The van der Waals surface area contributed by atoms with Crippen molar-refractivity contribution in [3.63, 3.8) is 0 Å². The van der Waals surface area contributed by atoms with E-state index in [9.17, 15) is 4.79 Å². The molecule has 4 atom stereocenters. The molecule has 0 saturated heterocycles. The molecule has 0 saturated carbocycles. The Hall–Kier alpha value is -2.09. The smallest absolute Gasteiger partial charge is 0.223 e. The first-order valence-electron chi connectivity index (χ1n) is 9.68. The van der Waals surface area contributed by atoms with E-state index in [1.165, 1.54) is 16.7 Å². The molecule has 1 aliphatic carbocycles. The number of rotatable bonds is 6. The van der Waals surface area contributed by atoms with Crippen molar-refractivity contribution in [2.24, 2.45) is 17.8 Å². The fraction of sp³-hybridized carbons (Fsp3) is 0.458. The van der Waals surface area contributed by atoms with Gasteiger partial charge >= 0.3 is 0 Å². The maximum absolute atomic E-state index is 12.7. The number of hydrogen-bond acceptors (Lipinski definition) is 1. The second-order valence-electron chi connectivity index (χ2n) is 7.85. The molecule has 0 aliphatic heterocycles. The molecule has 26 heavy (non-hydrogen) atoms. The van der Waals surface area contributed by atoms with Crippen molar-refractivity contribution in [1.29, 1.82) is 0 Å². The molecule has 0 fully saturated rings. The fourth-order valence-corrected chi connectivity index (χ4v) is 3.41. The van der Waals surface area contributed by atoms with E-state index in [4.69, 9.17) is 0 Å². The minimum absolute atomic E-state index is 0.0233. The van der Waals surface area contributed by atoms with Gasteiger partial charge in [0.1, 0.15) is 0 Å². The molecule has 1 N–H and O–H groups in total. The zero-order valence-electron chi connectivity index (χ0n) is 16.9. The summed E-state index contributed by atoms with van der Waals surface area (Å²) in [6.45, 7) is 14.6. The molecule has 0 spiro atoms. The highest BCUT2D eigenvalue weighted by Gasteiger charge is 2.23. The van der Waals surface area contributed by atoms with Gasteiger partial charge in [0.15, 0.2) is 0 Å². The number of nitrogens with one attached hydrogen (secondary N) is 1. The van der Waals surface area contributed by atoms with Crippen LogP contribution in [0.15, 0.2) is 65.8 Å². The first kappa shape index (κ1) is 20.2. The van der Waals surface area contributed by atoms with Gasteiger partial charge in [-0.3, -0.25) is 4.79 Å². The fourth-order valence-electron chi connectivity index (χ4n) is 3.41. The Labute approximate surface area is 159 Å². The quantitative estimate of drug-likeness (QED) is 0.626. The molecule has 1 aliphatic rings. The van der Waals surface area contributed by atoms with Crippen LogP contribution in [-0.2, 0) is 4.79 Å². The lowest BCUT2D eigenvalue weighted by Crippen LogP contribution is -2.34. The summed E-state index contributed by atoms with van der Waals surface area (Å²) < 4.78 is 0. The third-order valence-electron chi connectivity index (χ3n) is 5.70. The lowest BCUT2D eigenvalue weighted by molar-refractivity contribution is -0.126. The van der Waals surface area contributed by atoms with Crippen LogP contribution in [0.4, 0.5) is 0 Å². The summed E-state index contributed by atoms with van der Waals surface area (Å²) in [5.41, 5.74) is 5.09. The van der Waals surface area contributed by atoms with E-state index in [-0.39, 0.29) is 23.8 Å². The molecule has 140 valence electrons. The Kier molecular flexibility index (Phi) is 7.02. The molecule has 1 amide bonds. The number of allylic oxidation sites excluding steroid dienone is 5. The molecule has 0 unspecified atom stereocenters. The third-order valence-corrected chi connectivity index (χ3v) is 5.70. The molecular formula is C24H33NO. The number of amides is 1. The van der Waals surface area contributed by atoms with Gasteiger partial charge < -0.3 is 5.32 Å². The van der Waals surface area contributed by atoms with Crippen molar-refractivity contribution in [2.45, 2.75) is 53.5 Å². The van der Waals surface area contributed by atoms with Crippen LogP contribution in [0.5, 0.6) is 0 Å². The van der Waals surface area contributed by atoms with E-state index >= 15 is 0 Å². The summed E-state index contributed by atoms with van der Waals surface area (Å²) >= 11 is 0. The van der Waals surface area contributed by atoms with Crippen molar-refractivity contribution in [3.05, 3.63) is 71.3 Å². The van der Waals surface area contributed by atoms with Crippen LogP contribution >= 0.6 is 0 Å². The maximum atomic E-state index is 12.7. The number of carbonyl (C=O) groups is 1. The summed E-state index contributed by atoms with van der Waals surface area (Å²) in [6.07, 6.45) is 6.72. The van der Waals surface area contributed by atoms with Crippen LogP contribution in [0.25, 0.3) is 0 Å². The Balaban J connectivity index is 2.02. The lowest BCUT2D eigenvalue weighted by atomic mass is 9.80. The van der Waals surface area contributed by atoms with Crippen LogP contribution in [0.1, 0.15) is 59.1 Å².